The molecule has 0 aliphatic carbocycles. The van der Waals surface area contributed by atoms with Crippen LogP contribution >= 0.6 is 0 Å². The number of rotatable bonds is 5. The third-order valence-corrected chi connectivity index (χ3v) is 8.20. The summed E-state index contributed by atoms with van der Waals surface area (Å²) in [7, 11) is 0. The Balaban J connectivity index is 1.41. The number of alkyl halides is 6. The van der Waals surface area contributed by atoms with Gasteiger partial charge in [0.05, 0.1) is 17.6 Å². The van der Waals surface area contributed by atoms with E-state index >= 15 is 0 Å². The summed E-state index contributed by atoms with van der Waals surface area (Å²) in [5, 5.41) is 18.9. The van der Waals surface area contributed by atoms with Crippen LogP contribution in [0.2, 0.25) is 0 Å². The van der Waals surface area contributed by atoms with Crippen LogP contribution in [0, 0.1) is 17.2 Å². The number of carbonyl (C=O) groups excluding carboxylic acids is 1. The van der Waals surface area contributed by atoms with Gasteiger partial charge in [0.1, 0.15) is 0 Å². The van der Waals surface area contributed by atoms with Gasteiger partial charge in [0.15, 0.2) is 0 Å². The Morgan fingerprint density at radius 2 is 1.62 bits per heavy atom. The van der Waals surface area contributed by atoms with Gasteiger partial charge in [-0.1, -0.05) is 0 Å². The van der Waals surface area contributed by atoms with E-state index < -0.39 is 36.4 Å². The average Bonchev–Trinajstić information content (AvgIpc) is 3.26. The molecule has 4 rings (SSSR count). The van der Waals surface area contributed by atoms with Gasteiger partial charge < -0.3 is 19.6 Å². The third-order valence-electron chi connectivity index (χ3n) is 8.20. The van der Waals surface area contributed by atoms with Gasteiger partial charge in [-0.15, -0.1) is 0 Å². The number of hydrogen-bond acceptors (Lipinski definition) is 6. The first-order chi connectivity index (χ1) is 18.7. The van der Waals surface area contributed by atoms with E-state index in [0.717, 1.165) is 29.0 Å². The van der Waals surface area contributed by atoms with Gasteiger partial charge in [-0.3, -0.25) is 9.69 Å². The van der Waals surface area contributed by atoms with Crippen LogP contribution in [-0.2, 0) is 16.1 Å². The van der Waals surface area contributed by atoms with E-state index in [9.17, 15) is 46.3 Å². The number of ether oxygens (including phenoxy) is 1. The maximum Gasteiger partial charge on any atom is 0.434 e. The Morgan fingerprint density at radius 3 is 2.17 bits per heavy atom. The van der Waals surface area contributed by atoms with E-state index in [1.807, 2.05) is 6.07 Å². The zero-order chi connectivity index (χ0) is 29.3. The van der Waals surface area contributed by atoms with E-state index in [-0.39, 0.29) is 18.6 Å². The van der Waals surface area contributed by atoms with Gasteiger partial charge in [0.25, 0.3) is 6.10 Å². The number of nitriles is 1. The largest absolute Gasteiger partial charge is 0.481 e. The molecule has 1 spiro atoms. The molecule has 40 heavy (non-hydrogen) atoms. The molecule has 220 valence electrons. The summed E-state index contributed by atoms with van der Waals surface area (Å²) in [6.07, 6.45) is -14.0. The van der Waals surface area contributed by atoms with Crippen molar-refractivity contribution >= 4 is 17.7 Å². The quantitative estimate of drug-likeness (QED) is 0.497. The fourth-order valence-corrected chi connectivity index (χ4v) is 6.02. The highest BCUT2D eigenvalue weighted by Gasteiger charge is 2.60. The van der Waals surface area contributed by atoms with E-state index in [0.29, 0.717) is 57.4 Å². The van der Waals surface area contributed by atoms with Gasteiger partial charge in [0, 0.05) is 44.0 Å². The summed E-state index contributed by atoms with van der Waals surface area (Å²) >= 11 is 0. The Labute approximate surface area is 227 Å². The van der Waals surface area contributed by atoms with Crippen molar-refractivity contribution in [3.8, 4) is 6.07 Å². The molecule has 0 atom stereocenters. The highest BCUT2D eigenvalue weighted by atomic mass is 19.4. The molecule has 1 N–H and O–H groups in total. The van der Waals surface area contributed by atoms with Gasteiger partial charge in [-0.25, -0.2) is 4.79 Å². The fraction of sp³-hybridized carbons (Fsp3) is 0.654. The van der Waals surface area contributed by atoms with Gasteiger partial charge >= 0.3 is 24.4 Å². The molecular weight excluding hydrogens is 546 g/mol. The predicted molar refractivity (Wildman–Crippen MR) is 129 cm³/mol. The number of hydrogen-bond donors (Lipinski definition) is 1. The van der Waals surface area contributed by atoms with E-state index in [2.05, 4.69) is 20.6 Å². The molecule has 3 aliphatic heterocycles. The first-order valence-electron chi connectivity index (χ1n) is 13.1. The maximum absolute atomic E-state index is 12.8. The second-order valence-electron chi connectivity index (χ2n) is 10.7. The topological polar surface area (TPSA) is 97.1 Å². The molecular formula is C26H30F6N4O4. The number of piperidine rings is 2. The summed E-state index contributed by atoms with van der Waals surface area (Å²) in [5.74, 6) is -1.21. The molecule has 14 heteroatoms. The number of likely N-dealkylation sites (tertiary alicyclic amines) is 2. The van der Waals surface area contributed by atoms with Crippen LogP contribution in [0.5, 0.6) is 0 Å². The number of carboxylic acids is 1. The van der Waals surface area contributed by atoms with Crippen LogP contribution < -0.4 is 4.90 Å². The van der Waals surface area contributed by atoms with Crippen molar-refractivity contribution in [1.82, 2.24) is 9.80 Å². The molecule has 1 aromatic rings. The van der Waals surface area contributed by atoms with Crippen LogP contribution in [0.3, 0.4) is 0 Å². The second-order valence-corrected chi connectivity index (χ2v) is 10.7. The Kier molecular flexibility index (Phi) is 8.44. The molecule has 0 radical (unpaired) electrons. The van der Waals surface area contributed by atoms with Crippen molar-refractivity contribution in [3.05, 3.63) is 29.3 Å². The van der Waals surface area contributed by atoms with Crippen LogP contribution in [0.25, 0.3) is 0 Å². The smallest absolute Gasteiger partial charge is 0.434 e. The van der Waals surface area contributed by atoms with Gasteiger partial charge in [0.2, 0.25) is 0 Å². The molecule has 0 bridgehead atoms. The summed E-state index contributed by atoms with van der Waals surface area (Å²) in [4.78, 5) is 28.7. The Hall–Kier alpha value is -3.21. The predicted octanol–water partition coefficient (Wildman–Crippen LogP) is 4.92. The van der Waals surface area contributed by atoms with Crippen molar-refractivity contribution < 1.29 is 45.8 Å². The lowest BCUT2D eigenvalue weighted by Crippen LogP contribution is -2.54. The lowest BCUT2D eigenvalue weighted by Gasteiger charge is -2.45. The van der Waals surface area contributed by atoms with Crippen molar-refractivity contribution in [2.75, 3.05) is 37.6 Å². The van der Waals surface area contributed by atoms with Crippen molar-refractivity contribution in [2.24, 2.45) is 5.92 Å². The number of carboxylic acid groups (broad SMARTS) is 1. The number of benzene rings is 1. The fourth-order valence-electron chi connectivity index (χ4n) is 6.02. The summed E-state index contributed by atoms with van der Waals surface area (Å²) in [6, 6.07) is 7.68. The number of aliphatic carboxylic acids is 1. The minimum absolute atomic E-state index is 0.0419. The van der Waals surface area contributed by atoms with Gasteiger partial charge in [-0.2, -0.15) is 31.6 Å². The molecule has 3 heterocycles. The molecule has 1 amide bonds. The standard InChI is InChI=1S/C26H30F6N4O4/c27-25(28,29)22(26(30,31)32)40-23(39)35-10-5-24(6-11-35)4-1-7-36(24)16-18-12-17(15-33)13-20(14-18)34-8-2-19(3-9-34)21(37)38/h12-14,19,22H,1-11,16H2,(H,37,38). The molecule has 3 saturated heterocycles. The zero-order valence-corrected chi connectivity index (χ0v) is 21.6. The Bertz CT molecular complexity index is 1120. The SMILES string of the molecule is N#Cc1cc(CN2CCCC23CCN(C(=O)OC(C(F)(F)F)C(F)(F)F)CC3)cc(N2CCC(C(=O)O)CC2)c1. The first-order valence-corrected chi connectivity index (χ1v) is 13.1. The van der Waals surface area contributed by atoms with Crippen LogP contribution in [0.4, 0.5) is 36.8 Å². The lowest BCUT2D eigenvalue weighted by atomic mass is 9.84. The highest BCUT2D eigenvalue weighted by molar-refractivity contribution is 5.70. The number of halogens is 6. The first kappa shape index (κ1) is 29.8. The van der Waals surface area contributed by atoms with E-state index in [1.54, 1.807) is 12.1 Å². The zero-order valence-electron chi connectivity index (χ0n) is 21.6. The normalized spacial score (nSPS) is 20.6. The average molecular weight is 577 g/mol. The van der Waals surface area contributed by atoms with Crippen molar-refractivity contribution in [2.45, 2.75) is 69.1 Å². The number of nitrogens with zero attached hydrogens (tertiary/aromatic N) is 4. The number of amides is 1. The molecule has 3 fully saturated rings. The monoisotopic (exact) mass is 576 g/mol. The lowest BCUT2D eigenvalue weighted by molar-refractivity contribution is -0.308. The summed E-state index contributed by atoms with van der Waals surface area (Å²) in [5.41, 5.74) is 1.78. The summed E-state index contributed by atoms with van der Waals surface area (Å²) < 4.78 is 80.8. The third kappa shape index (κ3) is 6.56. The maximum atomic E-state index is 12.8. The van der Waals surface area contributed by atoms with Crippen molar-refractivity contribution in [3.63, 3.8) is 0 Å². The Morgan fingerprint density at radius 1 is 1.00 bits per heavy atom. The minimum Gasteiger partial charge on any atom is -0.481 e. The summed E-state index contributed by atoms with van der Waals surface area (Å²) in [6.45, 7) is 2.20. The number of anilines is 1. The van der Waals surface area contributed by atoms with Crippen LogP contribution in [0.15, 0.2) is 18.2 Å². The molecule has 0 unspecified atom stereocenters. The van der Waals surface area contributed by atoms with E-state index in [1.165, 1.54) is 0 Å². The van der Waals surface area contributed by atoms with Crippen molar-refractivity contribution in [1.29, 1.82) is 5.26 Å². The van der Waals surface area contributed by atoms with E-state index in [4.69, 9.17) is 0 Å². The molecule has 0 saturated carbocycles. The molecule has 8 nitrogen and oxygen atoms in total. The molecule has 0 aromatic heterocycles. The minimum atomic E-state index is -5.77. The highest BCUT2D eigenvalue weighted by Crippen LogP contribution is 2.41. The molecule has 1 aromatic carbocycles. The number of carbonyl (C=O) groups is 2. The second kappa shape index (κ2) is 11.3. The molecule has 3 aliphatic rings. The van der Waals surface area contributed by atoms with Crippen LogP contribution in [0.1, 0.15) is 49.7 Å². The van der Waals surface area contributed by atoms with Gasteiger partial charge in [-0.05, 0) is 68.8 Å². The van der Waals surface area contributed by atoms with Crippen LogP contribution in [-0.4, -0.2) is 83.7 Å².